The number of hydrogen-bond acceptors (Lipinski definition) is 4. The zero-order chi connectivity index (χ0) is 22.2. The van der Waals surface area contributed by atoms with Gasteiger partial charge in [-0.1, -0.05) is 32.0 Å². The van der Waals surface area contributed by atoms with Crippen LogP contribution >= 0.6 is 0 Å². The summed E-state index contributed by atoms with van der Waals surface area (Å²) in [6, 6.07) is 11.7. The standard InChI is InChI=1S/C23H27N3O4S/c1-16(2)14-25-15-19(18-7-3-4-8-21(18)25)23(28)24-20-13-17(9-10-22(20)27)31(29,30)26-11-5-6-12-26/h3-4,7-10,13,15-16,27H,5-6,11-12,14H2,1-2H3,(H,24,28). The van der Waals surface area contributed by atoms with Gasteiger partial charge < -0.3 is 15.0 Å². The molecule has 1 amide bonds. The third kappa shape index (κ3) is 4.18. The first-order valence-electron chi connectivity index (χ1n) is 10.5. The van der Waals surface area contributed by atoms with E-state index in [0.29, 0.717) is 24.6 Å². The van der Waals surface area contributed by atoms with Gasteiger partial charge in [0.1, 0.15) is 5.75 Å². The normalized spacial score (nSPS) is 15.1. The molecule has 2 aromatic carbocycles. The van der Waals surface area contributed by atoms with Crippen molar-refractivity contribution in [1.82, 2.24) is 8.87 Å². The third-order valence-electron chi connectivity index (χ3n) is 5.51. The number of fused-ring (bicyclic) bond motifs is 1. The van der Waals surface area contributed by atoms with E-state index in [1.54, 1.807) is 0 Å². The molecule has 31 heavy (non-hydrogen) atoms. The number of rotatable bonds is 6. The first-order valence-corrected chi connectivity index (χ1v) is 11.9. The molecule has 0 bridgehead atoms. The van der Waals surface area contributed by atoms with Crippen molar-refractivity contribution in [3.05, 3.63) is 54.2 Å². The maximum Gasteiger partial charge on any atom is 0.257 e. The lowest BCUT2D eigenvalue weighted by atomic mass is 10.1. The van der Waals surface area contributed by atoms with Crippen LogP contribution in [0.5, 0.6) is 5.75 Å². The fourth-order valence-electron chi connectivity index (χ4n) is 4.02. The predicted octanol–water partition coefficient (Wildman–Crippen LogP) is 4.04. The number of phenolic OH excluding ortho intramolecular Hbond substituents is 1. The van der Waals surface area contributed by atoms with Gasteiger partial charge in [0.15, 0.2) is 0 Å². The molecule has 0 radical (unpaired) electrons. The topological polar surface area (TPSA) is 91.6 Å². The second kappa shape index (κ2) is 8.36. The van der Waals surface area contributed by atoms with Crippen LogP contribution in [-0.4, -0.2) is 41.4 Å². The fraction of sp³-hybridized carbons (Fsp3) is 0.348. The maximum atomic E-state index is 13.1. The lowest BCUT2D eigenvalue weighted by Gasteiger charge is -2.16. The van der Waals surface area contributed by atoms with Crippen molar-refractivity contribution in [3.8, 4) is 5.75 Å². The summed E-state index contributed by atoms with van der Waals surface area (Å²) in [6.07, 6.45) is 3.48. The van der Waals surface area contributed by atoms with Crippen LogP contribution in [0.2, 0.25) is 0 Å². The summed E-state index contributed by atoms with van der Waals surface area (Å²) in [6.45, 7) is 5.96. The number of carbonyl (C=O) groups is 1. The van der Waals surface area contributed by atoms with Crippen molar-refractivity contribution in [3.63, 3.8) is 0 Å². The molecule has 0 atom stereocenters. The number of carbonyl (C=O) groups excluding carboxylic acids is 1. The Morgan fingerprint density at radius 2 is 1.84 bits per heavy atom. The zero-order valence-electron chi connectivity index (χ0n) is 17.7. The van der Waals surface area contributed by atoms with Crippen molar-refractivity contribution >= 4 is 32.5 Å². The van der Waals surface area contributed by atoms with Gasteiger partial charge in [0.05, 0.1) is 16.1 Å². The average Bonchev–Trinajstić information content (AvgIpc) is 3.38. The van der Waals surface area contributed by atoms with Crippen LogP contribution in [0.1, 0.15) is 37.0 Å². The number of aromatic nitrogens is 1. The molecule has 0 aliphatic carbocycles. The molecule has 164 valence electrons. The molecule has 1 aromatic heterocycles. The van der Waals surface area contributed by atoms with E-state index in [1.165, 1.54) is 22.5 Å². The lowest BCUT2D eigenvalue weighted by molar-refractivity contribution is 0.102. The van der Waals surface area contributed by atoms with Gasteiger partial charge in [-0.15, -0.1) is 0 Å². The van der Waals surface area contributed by atoms with E-state index >= 15 is 0 Å². The number of hydrogen-bond donors (Lipinski definition) is 2. The Morgan fingerprint density at radius 3 is 2.55 bits per heavy atom. The van der Waals surface area contributed by atoms with Crippen molar-refractivity contribution < 1.29 is 18.3 Å². The highest BCUT2D eigenvalue weighted by atomic mass is 32.2. The molecule has 1 saturated heterocycles. The van der Waals surface area contributed by atoms with Gasteiger partial charge >= 0.3 is 0 Å². The highest BCUT2D eigenvalue weighted by Gasteiger charge is 2.28. The van der Waals surface area contributed by atoms with Crippen LogP contribution in [0.3, 0.4) is 0 Å². The Hall–Kier alpha value is -2.84. The van der Waals surface area contributed by atoms with Crippen molar-refractivity contribution in [2.75, 3.05) is 18.4 Å². The Labute approximate surface area is 182 Å². The number of phenols is 1. The second-order valence-electron chi connectivity index (χ2n) is 8.35. The molecule has 4 rings (SSSR count). The Morgan fingerprint density at radius 1 is 1.13 bits per heavy atom. The van der Waals surface area contributed by atoms with Crippen LogP contribution in [0.25, 0.3) is 10.9 Å². The number of para-hydroxylation sites is 1. The van der Waals surface area contributed by atoms with E-state index in [-0.39, 0.29) is 16.3 Å². The summed E-state index contributed by atoms with van der Waals surface area (Å²) in [5.41, 5.74) is 1.50. The number of nitrogens with zero attached hydrogens (tertiary/aromatic N) is 2. The molecule has 7 nitrogen and oxygen atoms in total. The van der Waals surface area contributed by atoms with E-state index in [1.807, 2.05) is 35.0 Å². The number of anilines is 1. The minimum atomic E-state index is -3.66. The molecule has 0 spiro atoms. The monoisotopic (exact) mass is 441 g/mol. The largest absolute Gasteiger partial charge is 0.506 e. The first kappa shape index (κ1) is 21.4. The Bertz CT molecular complexity index is 1220. The van der Waals surface area contributed by atoms with Gasteiger partial charge in [0.2, 0.25) is 10.0 Å². The molecule has 2 N–H and O–H groups in total. The van der Waals surface area contributed by atoms with Crippen LogP contribution in [0.4, 0.5) is 5.69 Å². The van der Waals surface area contributed by atoms with Crippen LogP contribution < -0.4 is 5.32 Å². The van der Waals surface area contributed by atoms with E-state index in [4.69, 9.17) is 0 Å². The first-order chi connectivity index (χ1) is 14.8. The number of benzene rings is 2. The number of amides is 1. The SMILES string of the molecule is CC(C)Cn1cc(C(=O)Nc2cc(S(=O)(=O)N3CCCC3)ccc2O)c2ccccc21. The van der Waals surface area contributed by atoms with Crippen molar-refractivity contribution in [1.29, 1.82) is 0 Å². The van der Waals surface area contributed by atoms with Gasteiger partial charge in [0, 0.05) is 36.7 Å². The minimum Gasteiger partial charge on any atom is -0.506 e. The van der Waals surface area contributed by atoms with Gasteiger partial charge in [-0.25, -0.2) is 8.42 Å². The second-order valence-corrected chi connectivity index (χ2v) is 10.3. The van der Waals surface area contributed by atoms with E-state index in [9.17, 15) is 18.3 Å². The predicted molar refractivity (Wildman–Crippen MR) is 121 cm³/mol. The molecule has 3 aromatic rings. The highest BCUT2D eigenvalue weighted by molar-refractivity contribution is 7.89. The molecule has 0 saturated carbocycles. The highest BCUT2D eigenvalue weighted by Crippen LogP contribution is 2.31. The third-order valence-corrected chi connectivity index (χ3v) is 7.41. The summed E-state index contributed by atoms with van der Waals surface area (Å²) < 4.78 is 29.2. The molecule has 1 aliphatic heterocycles. The zero-order valence-corrected chi connectivity index (χ0v) is 18.5. The van der Waals surface area contributed by atoms with Gasteiger partial charge in [-0.3, -0.25) is 4.79 Å². The fourth-order valence-corrected chi connectivity index (χ4v) is 5.56. The van der Waals surface area contributed by atoms with Crippen molar-refractivity contribution in [2.45, 2.75) is 38.1 Å². The van der Waals surface area contributed by atoms with Gasteiger partial charge in [0.25, 0.3) is 5.91 Å². The summed E-state index contributed by atoms with van der Waals surface area (Å²) >= 11 is 0. The quantitative estimate of drug-likeness (QED) is 0.565. The minimum absolute atomic E-state index is 0.0599. The Kier molecular flexibility index (Phi) is 5.77. The molecular weight excluding hydrogens is 414 g/mol. The van der Waals surface area contributed by atoms with Crippen LogP contribution in [-0.2, 0) is 16.6 Å². The molecule has 0 unspecified atom stereocenters. The van der Waals surface area contributed by atoms with Crippen LogP contribution in [0, 0.1) is 5.92 Å². The van der Waals surface area contributed by atoms with E-state index in [2.05, 4.69) is 19.2 Å². The Balaban J connectivity index is 1.66. The summed E-state index contributed by atoms with van der Waals surface area (Å²) in [4.78, 5) is 13.2. The average molecular weight is 442 g/mol. The summed E-state index contributed by atoms with van der Waals surface area (Å²) in [7, 11) is -3.66. The van der Waals surface area contributed by atoms with Gasteiger partial charge in [-0.2, -0.15) is 4.31 Å². The molecule has 8 heteroatoms. The van der Waals surface area contributed by atoms with E-state index in [0.717, 1.165) is 30.3 Å². The summed E-state index contributed by atoms with van der Waals surface area (Å²) in [5, 5.41) is 13.8. The number of nitrogens with one attached hydrogen (secondary N) is 1. The maximum absolute atomic E-state index is 13.1. The smallest absolute Gasteiger partial charge is 0.257 e. The van der Waals surface area contributed by atoms with E-state index < -0.39 is 15.9 Å². The lowest BCUT2D eigenvalue weighted by Crippen LogP contribution is -2.28. The van der Waals surface area contributed by atoms with Crippen LogP contribution in [0.15, 0.2) is 53.6 Å². The number of aromatic hydroxyl groups is 1. The van der Waals surface area contributed by atoms with Crippen molar-refractivity contribution in [2.24, 2.45) is 5.92 Å². The molecule has 1 fully saturated rings. The number of sulfonamides is 1. The summed E-state index contributed by atoms with van der Waals surface area (Å²) in [5.74, 6) is -0.174. The molecule has 2 heterocycles. The van der Waals surface area contributed by atoms with Gasteiger partial charge in [-0.05, 0) is 43.0 Å². The molecular formula is C23H27N3O4S. The molecule has 1 aliphatic rings.